The van der Waals surface area contributed by atoms with Crippen LogP contribution in [0.15, 0.2) is 0 Å². The predicted molar refractivity (Wildman–Crippen MR) is 97.7 cm³/mol. The molecule has 23 heavy (non-hydrogen) atoms. The van der Waals surface area contributed by atoms with E-state index in [1.54, 1.807) is 0 Å². The quantitative estimate of drug-likeness (QED) is 0.711. The van der Waals surface area contributed by atoms with E-state index in [0.717, 1.165) is 11.8 Å². The molecule has 3 fully saturated rings. The van der Waals surface area contributed by atoms with Crippen molar-refractivity contribution in [1.82, 2.24) is 19.6 Å². The first-order chi connectivity index (χ1) is 11.2. The molecule has 3 rings (SSSR count). The summed E-state index contributed by atoms with van der Waals surface area (Å²) in [5.74, 6) is 1.78. The number of rotatable bonds is 7. The molecule has 0 radical (unpaired) electrons. The molecule has 0 aliphatic carbocycles. The molecule has 3 saturated heterocycles. The van der Waals surface area contributed by atoms with Crippen LogP contribution in [0.5, 0.6) is 0 Å². The molecule has 2 atom stereocenters. The average molecular weight is 323 g/mol. The molecular formula is C19H38N4. The van der Waals surface area contributed by atoms with Crippen molar-refractivity contribution in [2.75, 3.05) is 72.1 Å². The Bertz CT molecular complexity index is 332. The predicted octanol–water partition coefficient (Wildman–Crippen LogP) is 2.03. The molecule has 0 spiro atoms. The van der Waals surface area contributed by atoms with E-state index in [0.29, 0.717) is 0 Å². The maximum Gasteiger partial charge on any atom is 0.0507 e. The van der Waals surface area contributed by atoms with Gasteiger partial charge in [-0.15, -0.1) is 0 Å². The molecule has 3 aliphatic heterocycles. The largest absolute Gasteiger partial charge is 0.303 e. The molecule has 3 aliphatic rings. The molecule has 4 heteroatoms. The summed E-state index contributed by atoms with van der Waals surface area (Å²) in [5, 5.41) is 0. The van der Waals surface area contributed by atoms with Crippen LogP contribution < -0.4 is 0 Å². The smallest absolute Gasteiger partial charge is 0.0507 e. The highest BCUT2D eigenvalue weighted by atomic mass is 15.4. The fourth-order valence-corrected chi connectivity index (χ4v) is 4.85. The van der Waals surface area contributed by atoms with Crippen LogP contribution in [0.4, 0.5) is 0 Å². The van der Waals surface area contributed by atoms with Gasteiger partial charge in [-0.05, 0) is 57.2 Å². The molecule has 3 heterocycles. The number of hydrogen-bond donors (Lipinski definition) is 0. The van der Waals surface area contributed by atoms with Gasteiger partial charge in [0.25, 0.3) is 0 Å². The van der Waals surface area contributed by atoms with Gasteiger partial charge >= 0.3 is 0 Å². The van der Waals surface area contributed by atoms with Gasteiger partial charge in [-0.3, -0.25) is 9.80 Å². The zero-order chi connectivity index (χ0) is 16.1. The minimum absolute atomic E-state index is 0.888. The summed E-state index contributed by atoms with van der Waals surface area (Å²) >= 11 is 0. The second kappa shape index (κ2) is 8.80. The van der Waals surface area contributed by atoms with E-state index in [2.05, 4.69) is 33.4 Å². The normalized spacial score (nSPS) is 32.1. The molecule has 134 valence electrons. The van der Waals surface area contributed by atoms with Crippen molar-refractivity contribution in [3.63, 3.8) is 0 Å². The Kier molecular flexibility index (Phi) is 6.75. The highest BCUT2D eigenvalue weighted by Crippen LogP contribution is 2.20. The molecule has 0 bridgehead atoms. The monoisotopic (exact) mass is 322 g/mol. The maximum atomic E-state index is 2.70. The number of nitrogens with zero attached hydrogens (tertiary/aromatic N) is 4. The van der Waals surface area contributed by atoms with Crippen LogP contribution in [0.2, 0.25) is 0 Å². The van der Waals surface area contributed by atoms with Gasteiger partial charge in [-0.1, -0.05) is 13.8 Å². The van der Waals surface area contributed by atoms with Crippen LogP contribution in [-0.4, -0.2) is 91.7 Å². The van der Waals surface area contributed by atoms with Crippen molar-refractivity contribution < 1.29 is 0 Å². The Morgan fingerprint density at radius 2 is 1.22 bits per heavy atom. The number of hydrogen-bond acceptors (Lipinski definition) is 4. The van der Waals surface area contributed by atoms with Crippen LogP contribution in [0.3, 0.4) is 0 Å². The van der Waals surface area contributed by atoms with Gasteiger partial charge in [0.2, 0.25) is 0 Å². The number of piperidine rings is 1. The molecule has 0 unspecified atom stereocenters. The first-order valence-electron chi connectivity index (χ1n) is 10.1. The van der Waals surface area contributed by atoms with Crippen molar-refractivity contribution in [3.05, 3.63) is 0 Å². The summed E-state index contributed by atoms with van der Waals surface area (Å²) < 4.78 is 0. The van der Waals surface area contributed by atoms with Gasteiger partial charge in [0.05, 0.1) is 6.67 Å². The van der Waals surface area contributed by atoms with E-state index >= 15 is 0 Å². The van der Waals surface area contributed by atoms with Crippen molar-refractivity contribution >= 4 is 0 Å². The fourth-order valence-electron chi connectivity index (χ4n) is 4.85. The molecule has 0 saturated carbocycles. The standard InChI is InChI=1S/C19H38N4/c1-18-14-19(2)16-23(15-18)13-12-22-11-10-21(17-22)9-5-8-20-6-3-4-7-20/h18-19H,3-17H2,1-2H3/t18-,19+. The van der Waals surface area contributed by atoms with Crippen LogP contribution in [-0.2, 0) is 0 Å². The molecule has 0 N–H and O–H groups in total. The Morgan fingerprint density at radius 3 is 1.91 bits per heavy atom. The second-order valence-electron chi connectivity index (χ2n) is 8.49. The summed E-state index contributed by atoms with van der Waals surface area (Å²) in [5.41, 5.74) is 0. The van der Waals surface area contributed by atoms with Gasteiger partial charge in [-0.2, -0.15) is 0 Å². The van der Waals surface area contributed by atoms with Crippen LogP contribution in [0.25, 0.3) is 0 Å². The highest BCUT2D eigenvalue weighted by molar-refractivity contribution is 4.78. The van der Waals surface area contributed by atoms with Crippen LogP contribution in [0.1, 0.15) is 39.5 Å². The van der Waals surface area contributed by atoms with Gasteiger partial charge in [0.15, 0.2) is 0 Å². The second-order valence-corrected chi connectivity index (χ2v) is 8.49. The molecule has 4 nitrogen and oxygen atoms in total. The van der Waals surface area contributed by atoms with E-state index in [4.69, 9.17) is 0 Å². The molecule has 0 aromatic rings. The Morgan fingerprint density at radius 1 is 0.652 bits per heavy atom. The first kappa shape index (κ1) is 17.7. The Balaban J connectivity index is 1.27. The minimum atomic E-state index is 0.888. The van der Waals surface area contributed by atoms with E-state index in [1.807, 2.05) is 0 Å². The van der Waals surface area contributed by atoms with Crippen LogP contribution >= 0.6 is 0 Å². The lowest BCUT2D eigenvalue weighted by Crippen LogP contribution is -2.42. The Hall–Kier alpha value is -0.160. The van der Waals surface area contributed by atoms with Gasteiger partial charge in [0.1, 0.15) is 0 Å². The van der Waals surface area contributed by atoms with Crippen molar-refractivity contribution in [1.29, 1.82) is 0 Å². The fraction of sp³-hybridized carbons (Fsp3) is 1.00. The van der Waals surface area contributed by atoms with Gasteiger partial charge < -0.3 is 9.80 Å². The lowest BCUT2D eigenvalue weighted by Gasteiger charge is -2.35. The van der Waals surface area contributed by atoms with Crippen molar-refractivity contribution in [3.8, 4) is 0 Å². The SMILES string of the molecule is C[C@@H]1C[C@H](C)CN(CCN2CCN(CCCN3CCCC3)C2)C1. The maximum absolute atomic E-state index is 2.70. The van der Waals surface area contributed by atoms with Crippen molar-refractivity contribution in [2.24, 2.45) is 11.8 Å². The van der Waals surface area contributed by atoms with Crippen LogP contribution in [0, 0.1) is 11.8 Å². The molecule has 0 amide bonds. The van der Waals surface area contributed by atoms with Crippen molar-refractivity contribution in [2.45, 2.75) is 39.5 Å². The van der Waals surface area contributed by atoms with Gasteiger partial charge in [-0.25, -0.2) is 0 Å². The summed E-state index contributed by atoms with van der Waals surface area (Å²) in [6, 6.07) is 0. The summed E-state index contributed by atoms with van der Waals surface area (Å²) in [6.45, 7) is 19.1. The van der Waals surface area contributed by atoms with E-state index in [1.165, 1.54) is 97.8 Å². The first-order valence-corrected chi connectivity index (χ1v) is 10.1. The molecule has 0 aromatic heterocycles. The Labute approximate surface area is 143 Å². The summed E-state index contributed by atoms with van der Waals surface area (Å²) in [4.78, 5) is 10.7. The van der Waals surface area contributed by atoms with E-state index in [-0.39, 0.29) is 0 Å². The third-order valence-corrected chi connectivity index (χ3v) is 5.96. The highest BCUT2D eigenvalue weighted by Gasteiger charge is 2.24. The summed E-state index contributed by atoms with van der Waals surface area (Å²) in [6.07, 6.45) is 5.62. The third kappa shape index (κ3) is 5.70. The lowest BCUT2D eigenvalue weighted by molar-refractivity contribution is 0.123. The van der Waals surface area contributed by atoms with Gasteiger partial charge in [0, 0.05) is 45.8 Å². The molecule has 0 aromatic carbocycles. The summed E-state index contributed by atoms with van der Waals surface area (Å²) in [7, 11) is 0. The zero-order valence-electron chi connectivity index (χ0n) is 15.6. The average Bonchev–Trinajstić information content (AvgIpc) is 3.16. The lowest BCUT2D eigenvalue weighted by atomic mass is 9.92. The topological polar surface area (TPSA) is 13.0 Å². The molecular weight excluding hydrogens is 284 g/mol. The van der Waals surface area contributed by atoms with E-state index < -0.39 is 0 Å². The minimum Gasteiger partial charge on any atom is -0.303 e. The van der Waals surface area contributed by atoms with E-state index in [9.17, 15) is 0 Å². The third-order valence-electron chi connectivity index (χ3n) is 5.96. The zero-order valence-corrected chi connectivity index (χ0v) is 15.6. The number of likely N-dealkylation sites (tertiary alicyclic amines) is 2.